The first kappa shape index (κ1) is 49.1. The molecule has 1 saturated heterocycles. The molecule has 2 unspecified atom stereocenters. The van der Waals surface area contributed by atoms with Crippen LogP contribution in [0.3, 0.4) is 0 Å². The summed E-state index contributed by atoms with van der Waals surface area (Å²) in [6.07, 6.45) is 22.4. The summed E-state index contributed by atoms with van der Waals surface area (Å²) >= 11 is 0. The Morgan fingerprint density at radius 1 is 0.849 bits per heavy atom. The Morgan fingerprint density at radius 2 is 1.51 bits per heavy atom. The number of nitrogens with two attached hydrogens (primary N) is 1. The van der Waals surface area contributed by atoms with Crippen LogP contribution >= 0.6 is 7.82 Å². The van der Waals surface area contributed by atoms with E-state index in [1.165, 1.54) is 12.8 Å². The van der Waals surface area contributed by atoms with Gasteiger partial charge in [0.15, 0.2) is 12.4 Å². The van der Waals surface area contributed by atoms with Gasteiger partial charge in [-0.1, -0.05) is 102 Å². The Balaban J connectivity index is 2.50. The third-order valence-electron chi connectivity index (χ3n) is 8.79. The largest absolute Gasteiger partial charge is 0.472 e. The number of hydrogen-bond acceptors (Lipinski definition) is 12. The summed E-state index contributed by atoms with van der Waals surface area (Å²) < 4.78 is 38.3. The highest BCUT2D eigenvalue weighted by molar-refractivity contribution is 7.47. The van der Waals surface area contributed by atoms with Crippen molar-refractivity contribution in [2.24, 2.45) is 11.7 Å². The molecule has 1 fully saturated rings. The second-order valence-electron chi connectivity index (χ2n) is 13.7. The Morgan fingerprint density at radius 3 is 2.25 bits per heavy atom. The molecule has 0 aromatic carbocycles. The van der Waals surface area contributed by atoms with E-state index in [2.05, 4.69) is 26.0 Å². The van der Waals surface area contributed by atoms with Gasteiger partial charge in [0, 0.05) is 31.7 Å². The minimum Gasteiger partial charge on any atom is -0.462 e. The Bertz CT molecular complexity index is 1090. The van der Waals surface area contributed by atoms with Crippen LogP contribution in [0.15, 0.2) is 36.5 Å². The maximum atomic E-state index is 12.5. The molecular formula is C39H70NO12P. The van der Waals surface area contributed by atoms with Crippen molar-refractivity contribution in [2.45, 2.75) is 167 Å². The molecule has 14 heteroatoms. The Hall–Kier alpha value is -1.93. The molecule has 1 aliphatic rings. The van der Waals surface area contributed by atoms with Crippen molar-refractivity contribution < 1.29 is 57.6 Å². The second-order valence-corrected chi connectivity index (χ2v) is 15.1. The summed E-state index contributed by atoms with van der Waals surface area (Å²) in [5, 5.41) is 30.9. The molecule has 53 heavy (non-hydrogen) atoms. The molecule has 0 spiro atoms. The normalized spacial score (nSPS) is 21.6. The number of aliphatic hydroxyl groups excluding tert-OH is 3. The highest BCUT2D eigenvalue weighted by Crippen LogP contribution is 2.43. The van der Waals surface area contributed by atoms with Crippen LogP contribution in [0.1, 0.15) is 136 Å². The van der Waals surface area contributed by atoms with E-state index in [0.29, 0.717) is 32.1 Å². The third kappa shape index (κ3) is 26.5. The molecule has 0 aliphatic carbocycles. The number of aliphatic hydroxyl groups is 3. The molecule has 0 saturated carbocycles. The summed E-state index contributed by atoms with van der Waals surface area (Å²) in [4.78, 5) is 34.9. The van der Waals surface area contributed by atoms with Gasteiger partial charge in [-0.2, -0.15) is 0 Å². The molecule has 0 bridgehead atoms. The molecule has 0 radical (unpaired) electrons. The predicted molar refractivity (Wildman–Crippen MR) is 204 cm³/mol. The SMILES string of the molecule is CCCC/C=C\CCCCCCCC(=O)O[C@H](COC(=O)CCC/C=C\C[C@H]1[C@@H](O)CC(O)O[C@@H]1/C=C/[C@@H](O)CCCCC)COP(=O)(O)OCCN. The number of rotatable bonds is 32. The highest BCUT2D eigenvalue weighted by Gasteiger charge is 2.35. The lowest BCUT2D eigenvalue weighted by molar-refractivity contribution is -0.199. The van der Waals surface area contributed by atoms with Crippen LogP contribution in [0.25, 0.3) is 0 Å². The highest BCUT2D eigenvalue weighted by atomic mass is 31.2. The monoisotopic (exact) mass is 775 g/mol. The number of unbranched alkanes of at least 4 members (excludes halogenated alkanes) is 10. The summed E-state index contributed by atoms with van der Waals surface area (Å²) in [5.41, 5.74) is 5.32. The average Bonchev–Trinajstić information content (AvgIpc) is 3.12. The van der Waals surface area contributed by atoms with Crippen LogP contribution in [-0.4, -0.2) is 89.2 Å². The van der Waals surface area contributed by atoms with Gasteiger partial charge in [0.05, 0.1) is 31.5 Å². The number of esters is 2. The second kappa shape index (κ2) is 31.3. The quantitative estimate of drug-likeness (QED) is 0.0209. The van der Waals surface area contributed by atoms with Crippen molar-refractivity contribution in [1.29, 1.82) is 0 Å². The first-order valence-corrected chi connectivity index (χ1v) is 21.4. The molecule has 6 N–H and O–H groups in total. The van der Waals surface area contributed by atoms with Crippen molar-refractivity contribution in [3.8, 4) is 0 Å². The smallest absolute Gasteiger partial charge is 0.462 e. The molecule has 13 nitrogen and oxygen atoms in total. The van der Waals surface area contributed by atoms with Crippen LogP contribution < -0.4 is 5.73 Å². The summed E-state index contributed by atoms with van der Waals surface area (Å²) in [5.74, 6) is -1.35. The Kier molecular flexibility index (Phi) is 29.0. The van der Waals surface area contributed by atoms with E-state index in [1.807, 2.05) is 12.2 Å². The zero-order chi connectivity index (χ0) is 39.2. The molecule has 7 atom stereocenters. The van der Waals surface area contributed by atoms with E-state index in [-0.39, 0.29) is 44.9 Å². The number of phosphoric acid groups is 1. The number of hydrogen-bond donors (Lipinski definition) is 5. The fraction of sp³-hybridized carbons (Fsp3) is 0.795. The van der Waals surface area contributed by atoms with Crippen molar-refractivity contribution in [1.82, 2.24) is 0 Å². The first-order chi connectivity index (χ1) is 25.5. The number of phosphoric ester groups is 1. The summed E-state index contributed by atoms with van der Waals surface area (Å²) in [6, 6.07) is 0. The van der Waals surface area contributed by atoms with E-state index in [1.54, 1.807) is 12.2 Å². The van der Waals surface area contributed by atoms with Crippen LogP contribution in [0.4, 0.5) is 0 Å². The van der Waals surface area contributed by atoms with Gasteiger partial charge in [-0.15, -0.1) is 0 Å². The van der Waals surface area contributed by atoms with Gasteiger partial charge in [-0.3, -0.25) is 18.6 Å². The fourth-order valence-corrected chi connectivity index (χ4v) is 6.48. The lowest BCUT2D eigenvalue weighted by atomic mass is 9.87. The van der Waals surface area contributed by atoms with Crippen LogP contribution in [-0.2, 0) is 37.4 Å². The van der Waals surface area contributed by atoms with E-state index < -0.39 is 57.1 Å². The van der Waals surface area contributed by atoms with Crippen molar-refractivity contribution in [3.05, 3.63) is 36.5 Å². The van der Waals surface area contributed by atoms with Gasteiger partial charge in [-0.05, 0) is 51.4 Å². The molecule has 0 aromatic rings. The summed E-state index contributed by atoms with van der Waals surface area (Å²) in [6.45, 7) is 3.23. The van der Waals surface area contributed by atoms with Gasteiger partial charge >= 0.3 is 19.8 Å². The van der Waals surface area contributed by atoms with E-state index in [0.717, 1.165) is 57.8 Å². The van der Waals surface area contributed by atoms with Gasteiger partial charge in [0.1, 0.15) is 6.61 Å². The minimum atomic E-state index is -4.44. The van der Waals surface area contributed by atoms with E-state index in [4.69, 9.17) is 29.0 Å². The molecular weight excluding hydrogens is 705 g/mol. The number of allylic oxidation sites excluding steroid dienone is 4. The molecule has 1 heterocycles. The maximum absolute atomic E-state index is 12.5. The predicted octanol–water partition coefficient (Wildman–Crippen LogP) is 6.71. The Labute approximate surface area is 317 Å². The zero-order valence-electron chi connectivity index (χ0n) is 32.3. The standard InChI is InChI=1S/C39H70NO12P/c1-3-5-7-8-9-10-11-12-13-14-20-24-38(44)51-33(31-50-53(46,47)49-28-27-40)30-48-37(43)23-19-16-15-18-22-34-35(42)29-39(45)52-36(34)26-25-32(41)21-17-6-4-2/h8-9,15,18,25-26,32-36,39,41-42,45H,3-7,10-14,16-17,19-24,27-31,40H2,1-2H3,(H,46,47)/b9-8-,18-15-,26-25+/t32-,33+,34-,35-,36+,39?/m0/s1. The summed E-state index contributed by atoms with van der Waals surface area (Å²) in [7, 11) is -4.44. The van der Waals surface area contributed by atoms with E-state index in [9.17, 15) is 34.4 Å². The third-order valence-corrected chi connectivity index (χ3v) is 9.78. The van der Waals surface area contributed by atoms with Crippen molar-refractivity contribution >= 4 is 19.8 Å². The van der Waals surface area contributed by atoms with Gasteiger partial charge in [-0.25, -0.2) is 4.57 Å². The number of ether oxygens (including phenoxy) is 3. The van der Waals surface area contributed by atoms with Crippen LogP contribution in [0.2, 0.25) is 0 Å². The molecule has 1 aliphatic heterocycles. The molecule has 0 aromatic heterocycles. The topological polar surface area (TPSA) is 204 Å². The van der Waals surface area contributed by atoms with Crippen molar-refractivity contribution in [2.75, 3.05) is 26.4 Å². The number of carbonyl (C=O) groups excluding carboxylic acids is 2. The van der Waals surface area contributed by atoms with Crippen LogP contribution in [0, 0.1) is 5.92 Å². The molecule has 308 valence electrons. The van der Waals surface area contributed by atoms with Crippen molar-refractivity contribution in [3.63, 3.8) is 0 Å². The zero-order valence-corrected chi connectivity index (χ0v) is 33.2. The van der Waals surface area contributed by atoms with E-state index >= 15 is 0 Å². The molecule has 0 amide bonds. The number of carbonyl (C=O) groups is 2. The lowest BCUT2D eigenvalue weighted by Crippen LogP contribution is -2.43. The lowest BCUT2D eigenvalue weighted by Gasteiger charge is -2.36. The average molecular weight is 776 g/mol. The van der Waals surface area contributed by atoms with Gasteiger partial charge in [0.25, 0.3) is 0 Å². The van der Waals surface area contributed by atoms with Gasteiger partial charge < -0.3 is 40.2 Å². The first-order valence-electron chi connectivity index (χ1n) is 19.9. The maximum Gasteiger partial charge on any atom is 0.472 e. The van der Waals surface area contributed by atoms with Crippen LogP contribution in [0.5, 0.6) is 0 Å². The molecule has 1 rings (SSSR count). The van der Waals surface area contributed by atoms with Gasteiger partial charge in [0.2, 0.25) is 0 Å². The fourth-order valence-electron chi connectivity index (χ4n) is 5.71. The minimum absolute atomic E-state index is 0.0119.